The maximum absolute atomic E-state index is 13.0. The highest BCUT2D eigenvalue weighted by molar-refractivity contribution is 6.19. The molecule has 0 spiro atoms. The first-order valence-electron chi connectivity index (χ1n) is 11.6. The minimum Gasteiger partial charge on any atom is -0.494 e. The van der Waals surface area contributed by atoms with Crippen molar-refractivity contribution in [3.8, 4) is 11.5 Å². The summed E-state index contributed by atoms with van der Waals surface area (Å²) in [5, 5.41) is 6.72. The molecule has 0 bridgehead atoms. The lowest BCUT2D eigenvalue weighted by Gasteiger charge is -2.22. The van der Waals surface area contributed by atoms with Gasteiger partial charge in [-0.25, -0.2) is 9.78 Å². The monoisotopic (exact) mass is 540 g/mol. The number of carbonyl (C=O) groups excluding carboxylic acids is 2. The van der Waals surface area contributed by atoms with Crippen molar-refractivity contribution in [3.05, 3.63) is 66.2 Å². The molecule has 4 rings (SSSR count). The Morgan fingerprint density at radius 3 is 2.19 bits per heavy atom. The quantitative estimate of drug-likeness (QED) is 0.210. The maximum Gasteiger partial charge on any atom is 0.417 e. The summed E-state index contributed by atoms with van der Waals surface area (Å²) >= 11 is 11.8. The third-order valence-corrected chi connectivity index (χ3v) is 6.18. The second kappa shape index (κ2) is 12.0. The van der Waals surface area contributed by atoms with Crippen LogP contribution >= 0.6 is 23.2 Å². The number of fused-ring (bicyclic) bond motifs is 2. The van der Waals surface area contributed by atoms with E-state index >= 15 is 0 Å². The number of alkyl halides is 2. The van der Waals surface area contributed by atoms with E-state index in [2.05, 4.69) is 15.5 Å². The molecule has 0 aliphatic rings. The highest BCUT2D eigenvalue weighted by Crippen LogP contribution is 2.36. The molecule has 1 heterocycles. The van der Waals surface area contributed by atoms with Crippen molar-refractivity contribution in [2.24, 2.45) is 0 Å². The summed E-state index contributed by atoms with van der Waals surface area (Å²) < 4.78 is 11.1. The van der Waals surface area contributed by atoms with Crippen molar-refractivity contribution >= 4 is 68.4 Å². The standard InChI is InChI=1S/C27H26Cl2N4O4/c1-30-26(34)21-7-3-5-19-23(20-6-4-8-22(36-2)25(20)31-24(19)21)32-27(35)37-18-11-9-17(10-12-18)33(15-13-28)16-14-29/h3-12H,13-16H2,1-2H3,(H,30,34)(H,31,32,35). The van der Waals surface area contributed by atoms with Gasteiger partial charge in [-0.3, -0.25) is 10.1 Å². The summed E-state index contributed by atoms with van der Waals surface area (Å²) in [5.41, 5.74) is 2.69. The molecule has 2 amide bonds. The minimum absolute atomic E-state index is 0.293. The number of benzene rings is 3. The summed E-state index contributed by atoms with van der Waals surface area (Å²) in [6.45, 7) is 1.30. The van der Waals surface area contributed by atoms with E-state index < -0.39 is 6.09 Å². The number of rotatable bonds is 9. The first kappa shape index (κ1) is 26.3. The van der Waals surface area contributed by atoms with Crippen LogP contribution < -0.4 is 25.0 Å². The molecular weight excluding hydrogens is 515 g/mol. The fourth-order valence-electron chi connectivity index (χ4n) is 4.11. The second-order valence-corrected chi connectivity index (χ2v) is 8.75. The van der Waals surface area contributed by atoms with Crippen molar-refractivity contribution in [1.82, 2.24) is 10.3 Å². The van der Waals surface area contributed by atoms with Crippen molar-refractivity contribution in [2.75, 3.05) is 49.2 Å². The lowest BCUT2D eigenvalue weighted by molar-refractivity contribution is 0.0964. The third-order valence-electron chi connectivity index (χ3n) is 5.84. The van der Waals surface area contributed by atoms with Crippen LogP contribution in [0.4, 0.5) is 16.2 Å². The number of methoxy groups -OCH3 is 1. The first-order valence-corrected chi connectivity index (χ1v) is 12.6. The number of nitrogens with one attached hydrogen (secondary N) is 2. The van der Waals surface area contributed by atoms with E-state index in [4.69, 9.17) is 37.7 Å². The van der Waals surface area contributed by atoms with Crippen molar-refractivity contribution in [3.63, 3.8) is 0 Å². The van der Waals surface area contributed by atoms with E-state index in [1.54, 1.807) is 49.5 Å². The van der Waals surface area contributed by atoms with Crippen LogP contribution in [0.2, 0.25) is 0 Å². The van der Waals surface area contributed by atoms with Gasteiger partial charge in [0.15, 0.2) is 0 Å². The fourth-order valence-corrected chi connectivity index (χ4v) is 4.52. The predicted octanol–water partition coefficient (Wildman–Crippen LogP) is 5.65. The van der Waals surface area contributed by atoms with Crippen molar-refractivity contribution < 1.29 is 19.1 Å². The number of ether oxygens (including phenoxy) is 2. The number of amides is 2. The van der Waals surface area contributed by atoms with Gasteiger partial charge in [0.2, 0.25) is 0 Å². The molecule has 192 valence electrons. The Bertz CT molecular complexity index is 1420. The summed E-state index contributed by atoms with van der Waals surface area (Å²) in [6, 6.07) is 17.7. The molecule has 0 aliphatic carbocycles. The molecule has 1 aromatic heterocycles. The number of hydrogen-bond donors (Lipinski definition) is 2. The molecule has 0 atom stereocenters. The molecule has 0 saturated carbocycles. The highest BCUT2D eigenvalue weighted by atomic mass is 35.5. The molecule has 0 aliphatic heterocycles. The number of pyridine rings is 1. The predicted molar refractivity (Wildman–Crippen MR) is 149 cm³/mol. The van der Waals surface area contributed by atoms with Crippen LogP contribution in [0.3, 0.4) is 0 Å². The Morgan fingerprint density at radius 1 is 0.919 bits per heavy atom. The maximum atomic E-state index is 13.0. The zero-order valence-electron chi connectivity index (χ0n) is 20.4. The molecule has 10 heteroatoms. The molecular formula is C27H26Cl2N4O4. The molecule has 0 unspecified atom stereocenters. The van der Waals surface area contributed by atoms with Gasteiger partial charge in [-0.2, -0.15) is 0 Å². The van der Waals surface area contributed by atoms with E-state index in [1.165, 1.54) is 7.11 Å². The minimum atomic E-state index is -0.687. The molecule has 0 saturated heterocycles. The SMILES string of the molecule is CNC(=O)c1cccc2c(NC(=O)Oc3ccc(N(CCCl)CCCl)cc3)c3cccc(OC)c3nc12. The van der Waals surface area contributed by atoms with Gasteiger partial charge in [-0.05, 0) is 36.4 Å². The fraction of sp³-hybridized carbons (Fsp3) is 0.222. The number of halogens is 2. The molecule has 37 heavy (non-hydrogen) atoms. The van der Waals surface area contributed by atoms with Crippen molar-refractivity contribution in [1.29, 1.82) is 0 Å². The normalized spacial score (nSPS) is 10.8. The van der Waals surface area contributed by atoms with Crippen LogP contribution in [0.1, 0.15) is 10.4 Å². The summed E-state index contributed by atoms with van der Waals surface area (Å²) in [5.74, 6) is 1.52. The molecule has 8 nitrogen and oxygen atoms in total. The van der Waals surface area contributed by atoms with E-state index in [0.29, 0.717) is 69.4 Å². The molecule has 0 fully saturated rings. The van der Waals surface area contributed by atoms with Gasteiger partial charge < -0.3 is 19.7 Å². The number of aromatic nitrogens is 1. The third kappa shape index (κ3) is 5.65. The summed E-state index contributed by atoms with van der Waals surface area (Å²) in [6.07, 6.45) is -0.687. The van der Waals surface area contributed by atoms with Gasteiger partial charge in [0.05, 0.1) is 23.9 Å². The van der Waals surface area contributed by atoms with E-state index in [9.17, 15) is 9.59 Å². The van der Waals surface area contributed by atoms with Gasteiger partial charge >= 0.3 is 6.09 Å². The van der Waals surface area contributed by atoms with Crippen LogP contribution in [0.5, 0.6) is 11.5 Å². The Hall–Kier alpha value is -3.75. The van der Waals surface area contributed by atoms with Gasteiger partial charge in [0, 0.05) is 48.4 Å². The topological polar surface area (TPSA) is 92.8 Å². The van der Waals surface area contributed by atoms with Crippen LogP contribution in [0, 0.1) is 0 Å². The zero-order valence-corrected chi connectivity index (χ0v) is 21.9. The largest absolute Gasteiger partial charge is 0.494 e. The van der Waals surface area contributed by atoms with Gasteiger partial charge in [0.1, 0.15) is 17.0 Å². The average Bonchev–Trinajstić information content (AvgIpc) is 2.92. The van der Waals surface area contributed by atoms with E-state index in [0.717, 1.165) is 5.69 Å². The van der Waals surface area contributed by atoms with Crippen LogP contribution in [0.15, 0.2) is 60.7 Å². The lowest BCUT2D eigenvalue weighted by Crippen LogP contribution is -2.27. The number of hydrogen-bond acceptors (Lipinski definition) is 6. The lowest BCUT2D eigenvalue weighted by atomic mass is 10.0. The number of para-hydroxylation sites is 2. The summed E-state index contributed by atoms with van der Waals surface area (Å²) in [4.78, 5) is 32.3. The van der Waals surface area contributed by atoms with Crippen molar-refractivity contribution in [2.45, 2.75) is 0 Å². The Balaban J connectivity index is 1.69. The second-order valence-electron chi connectivity index (χ2n) is 8.00. The first-order chi connectivity index (χ1) is 18.0. The number of carbonyl (C=O) groups is 2. The molecule has 2 N–H and O–H groups in total. The van der Waals surface area contributed by atoms with Crippen LogP contribution in [-0.2, 0) is 0 Å². The molecule has 3 aromatic carbocycles. The van der Waals surface area contributed by atoms with E-state index in [1.807, 2.05) is 18.2 Å². The highest BCUT2D eigenvalue weighted by Gasteiger charge is 2.19. The van der Waals surface area contributed by atoms with Gasteiger partial charge in [-0.15, -0.1) is 23.2 Å². The van der Waals surface area contributed by atoms with E-state index in [-0.39, 0.29) is 5.91 Å². The van der Waals surface area contributed by atoms with Gasteiger partial charge in [0.25, 0.3) is 5.91 Å². The van der Waals surface area contributed by atoms with Crippen LogP contribution in [-0.4, -0.2) is 56.0 Å². The molecule has 0 radical (unpaired) electrons. The Labute approximate surface area is 224 Å². The number of anilines is 2. The smallest absolute Gasteiger partial charge is 0.417 e. The number of nitrogens with zero attached hydrogens (tertiary/aromatic N) is 2. The average molecular weight is 541 g/mol. The Morgan fingerprint density at radius 2 is 1.57 bits per heavy atom. The Kier molecular flexibility index (Phi) is 8.53. The van der Waals surface area contributed by atoms with Crippen LogP contribution in [0.25, 0.3) is 21.8 Å². The van der Waals surface area contributed by atoms with Gasteiger partial charge in [-0.1, -0.05) is 24.3 Å². The molecule has 4 aromatic rings. The summed E-state index contributed by atoms with van der Waals surface area (Å²) in [7, 11) is 3.09. The zero-order chi connectivity index (χ0) is 26.4.